The molecule has 0 saturated carbocycles. The molecule has 0 spiro atoms. The molecule has 0 amide bonds. The average molecular weight is 276 g/mol. The largest absolute Gasteiger partial charge is 0.494 e. The van der Waals surface area contributed by atoms with Gasteiger partial charge in [-0.15, -0.1) is 0 Å². The van der Waals surface area contributed by atoms with Crippen LogP contribution in [-0.4, -0.2) is 30.1 Å². The lowest BCUT2D eigenvalue weighted by atomic mass is 9.83. The number of rotatable bonds is 6. The fourth-order valence-electron chi connectivity index (χ4n) is 3.19. The van der Waals surface area contributed by atoms with Crippen LogP contribution in [0.25, 0.3) is 0 Å². The molecule has 1 aliphatic rings. The Morgan fingerprint density at radius 2 is 2.00 bits per heavy atom. The fraction of sp³-hybridized carbons (Fsp3) is 0.647. The van der Waals surface area contributed by atoms with Crippen molar-refractivity contribution in [1.82, 2.24) is 4.90 Å². The minimum atomic E-state index is 0.0195. The number of hydrogen-bond donors (Lipinski definition) is 1. The lowest BCUT2D eigenvalue weighted by molar-refractivity contribution is 0.0999. The molecule has 1 saturated heterocycles. The number of nitrogens with two attached hydrogens (primary N) is 1. The normalized spacial score (nSPS) is 20.6. The van der Waals surface area contributed by atoms with E-state index in [4.69, 9.17) is 10.5 Å². The molecular formula is C17H28N2O. The molecule has 0 radical (unpaired) electrons. The second-order valence-corrected chi connectivity index (χ2v) is 5.89. The zero-order valence-electron chi connectivity index (χ0n) is 13.1. The van der Waals surface area contributed by atoms with Crippen molar-refractivity contribution in [3.63, 3.8) is 0 Å². The van der Waals surface area contributed by atoms with E-state index in [1.807, 2.05) is 19.1 Å². The molecule has 1 aliphatic heterocycles. The SMILES string of the molecule is CCOc1cccc(C(N)C(C)(CC)N2CCCC2)c1. The highest BCUT2D eigenvalue weighted by Crippen LogP contribution is 2.35. The van der Waals surface area contributed by atoms with Gasteiger partial charge in [-0.3, -0.25) is 4.90 Å². The van der Waals surface area contributed by atoms with E-state index in [1.165, 1.54) is 31.5 Å². The summed E-state index contributed by atoms with van der Waals surface area (Å²) in [7, 11) is 0. The van der Waals surface area contributed by atoms with Crippen molar-refractivity contribution in [1.29, 1.82) is 0 Å². The summed E-state index contributed by atoms with van der Waals surface area (Å²) in [4.78, 5) is 2.56. The summed E-state index contributed by atoms with van der Waals surface area (Å²) in [5, 5.41) is 0. The van der Waals surface area contributed by atoms with Gasteiger partial charge in [-0.2, -0.15) is 0 Å². The Bertz CT molecular complexity index is 429. The van der Waals surface area contributed by atoms with Crippen LogP contribution in [0, 0.1) is 0 Å². The van der Waals surface area contributed by atoms with Crippen LogP contribution in [-0.2, 0) is 0 Å². The summed E-state index contributed by atoms with van der Waals surface area (Å²) in [6.07, 6.45) is 3.65. The highest BCUT2D eigenvalue weighted by atomic mass is 16.5. The van der Waals surface area contributed by atoms with Crippen LogP contribution in [0.2, 0.25) is 0 Å². The second kappa shape index (κ2) is 6.59. The Balaban J connectivity index is 2.23. The summed E-state index contributed by atoms with van der Waals surface area (Å²) in [6.45, 7) is 9.58. The van der Waals surface area contributed by atoms with Crippen LogP contribution in [0.4, 0.5) is 0 Å². The molecule has 20 heavy (non-hydrogen) atoms. The molecule has 0 bridgehead atoms. The van der Waals surface area contributed by atoms with Crippen molar-refractivity contribution in [3.05, 3.63) is 29.8 Å². The first-order chi connectivity index (χ1) is 9.61. The zero-order valence-corrected chi connectivity index (χ0v) is 13.1. The zero-order chi connectivity index (χ0) is 14.6. The monoisotopic (exact) mass is 276 g/mol. The van der Waals surface area contributed by atoms with Gasteiger partial charge in [0.1, 0.15) is 5.75 Å². The van der Waals surface area contributed by atoms with E-state index in [2.05, 4.69) is 30.9 Å². The summed E-state index contributed by atoms with van der Waals surface area (Å²) in [5.41, 5.74) is 7.83. The first kappa shape index (κ1) is 15.3. The summed E-state index contributed by atoms with van der Waals surface area (Å²) >= 11 is 0. The molecule has 1 fully saturated rings. The third kappa shape index (κ3) is 2.99. The van der Waals surface area contributed by atoms with Crippen molar-refractivity contribution < 1.29 is 4.74 Å². The first-order valence-corrected chi connectivity index (χ1v) is 7.85. The Morgan fingerprint density at radius 3 is 2.60 bits per heavy atom. The maximum absolute atomic E-state index is 6.63. The summed E-state index contributed by atoms with van der Waals surface area (Å²) in [6, 6.07) is 8.28. The van der Waals surface area contributed by atoms with E-state index in [0.717, 1.165) is 12.2 Å². The Kier molecular flexibility index (Phi) is 5.06. The van der Waals surface area contributed by atoms with E-state index in [9.17, 15) is 0 Å². The van der Waals surface area contributed by atoms with E-state index in [-0.39, 0.29) is 11.6 Å². The topological polar surface area (TPSA) is 38.5 Å². The third-order valence-corrected chi connectivity index (χ3v) is 4.74. The van der Waals surface area contributed by atoms with E-state index >= 15 is 0 Å². The lowest BCUT2D eigenvalue weighted by Gasteiger charge is -2.43. The van der Waals surface area contributed by atoms with Gasteiger partial charge in [-0.1, -0.05) is 19.1 Å². The molecule has 1 aromatic rings. The maximum atomic E-state index is 6.63. The van der Waals surface area contributed by atoms with Gasteiger partial charge < -0.3 is 10.5 Å². The van der Waals surface area contributed by atoms with E-state index in [0.29, 0.717) is 6.61 Å². The van der Waals surface area contributed by atoms with Gasteiger partial charge in [0, 0.05) is 11.6 Å². The Labute approximate surface area is 123 Å². The Hall–Kier alpha value is -1.06. The molecule has 0 aromatic heterocycles. The third-order valence-electron chi connectivity index (χ3n) is 4.74. The predicted octanol–water partition coefficient (Wildman–Crippen LogP) is 3.35. The summed E-state index contributed by atoms with van der Waals surface area (Å²) in [5.74, 6) is 0.917. The minimum absolute atomic E-state index is 0.0195. The van der Waals surface area contributed by atoms with Crippen LogP contribution in [0.15, 0.2) is 24.3 Å². The molecular weight excluding hydrogens is 248 g/mol. The minimum Gasteiger partial charge on any atom is -0.494 e. The molecule has 2 rings (SSSR count). The molecule has 1 aromatic carbocycles. The molecule has 3 nitrogen and oxygen atoms in total. The van der Waals surface area contributed by atoms with Crippen molar-refractivity contribution >= 4 is 0 Å². The van der Waals surface area contributed by atoms with E-state index < -0.39 is 0 Å². The smallest absolute Gasteiger partial charge is 0.119 e. The van der Waals surface area contributed by atoms with Crippen LogP contribution < -0.4 is 10.5 Å². The van der Waals surface area contributed by atoms with Gasteiger partial charge in [0.2, 0.25) is 0 Å². The van der Waals surface area contributed by atoms with Crippen LogP contribution in [0.1, 0.15) is 51.6 Å². The van der Waals surface area contributed by atoms with Crippen LogP contribution in [0.5, 0.6) is 5.75 Å². The van der Waals surface area contributed by atoms with Crippen LogP contribution in [0.3, 0.4) is 0 Å². The van der Waals surface area contributed by atoms with Gasteiger partial charge in [-0.05, 0) is 63.9 Å². The molecule has 112 valence electrons. The van der Waals surface area contributed by atoms with Crippen molar-refractivity contribution in [2.24, 2.45) is 5.73 Å². The van der Waals surface area contributed by atoms with Gasteiger partial charge >= 0.3 is 0 Å². The number of ether oxygens (including phenoxy) is 1. The Morgan fingerprint density at radius 1 is 1.30 bits per heavy atom. The van der Waals surface area contributed by atoms with Crippen molar-refractivity contribution in [2.45, 2.75) is 51.6 Å². The van der Waals surface area contributed by atoms with Crippen molar-refractivity contribution in [2.75, 3.05) is 19.7 Å². The van der Waals surface area contributed by atoms with Gasteiger partial charge in [0.25, 0.3) is 0 Å². The second-order valence-electron chi connectivity index (χ2n) is 5.89. The molecule has 2 N–H and O–H groups in total. The predicted molar refractivity (Wildman–Crippen MR) is 84.0 cm³/mol. The highest BCUT2D eigenvalue weighted by molar-refractivity contribution is 5.32. The standard InChI is InChI=1S/C17H28N2O/c1-4-17(3,19-11-6-7-12-19)16(18)14-9-8-10-15(13-14)20-5-2/h8-10,13,16H,4-7,11-12,18H2,1-3H3. The highest BCUT2D eigenvalue weighted by Gasteiger charge is 2.38. The van der Waals surface area contributed by atoms with Gasteiger partial charge in [-0.25, -0.2) is 0 Å². The van der Waals surface area contributed by atoms with Crippen molar-refractivity contribution in [3.8, 4) is 5.75 Å². The molecule has 1 heterocycles. The fourth-order valence-corrected chi connectivity index (χ4v) is 3.19. The average Bonchev–Trinajstić information content (AvgIpc) is 3.01. The molecule has 0 aliphatic carbocycles. The van der Waals surface area contributed by atoms with Gasteiger partial charge in [0.05, 0.1) is 6.61 Å². The number of hydrogen-bond acceptors (Lipinski definition) is 3. The molecule has 2 unspecified atom stereocenters. The molecule has 2 atom stereocenters. The first-order valence-electron chi connectivity index (χ1n) is 7.85. The van der Waals surface area contributed by atoms with E-state index in [1.54, 1.807) is 0 Å². The summed E-state index contributed by atoms with van der Waals surface area (Å²) < 4.78 is 5.60. The molecule has 3 heteroatoms. The lowest BCUT2D eigenvalue weighted by Crippen LogP contribution is -2.51. The number of nitrogens with zero attached hydrogens (tertiary/aromatic N) is 1. The number of benzene rings is 1. The van der Waals surface area contributed by atoms with Gasteiger partial charge in [0.15, 0.2) is 0 Å². The van der Waals surface area contributed by atoms with Crippen LogP contribution >= 0.6 is 0 Å². The quantitative estimate of drug-likeness (QED) is 0.866. The maximum Gasteiger partial charge on any atom is 0.119 e. The number of likely N-dealkylation sites (tertiary alicyclic amines) is 1.